The van der Waals surface area contributed by atoms with E-state index in [1.54, 1.807) is 25.6 Å². The second kappa shape index (κ2) is 6.67. The zero-order valence-electron chi connectivity index (χ0n) is 12.1. The monoisotopic (exact) mass is 293 g/mol. The van der Waals surface area contributed by atoms with Gasteiger partial charge in [-0.25, -0.2) is 0 Å². The molecule has 0 saturated heterocycles. The third-order valence-corrected chi connectivity index (χ3v) is 4.20. The minimum Gasteiger partial charge on any atom is -0.493 e. The second-order valence-electron chi connectivity index (χ2n) is 4.24. The minimum atomic E-state index is 0.234. The molecule has 1 N–H and O–H groups in total. The number of hydrogen-bond acceptors (Lipinski definition) is 6. The van der Waals surface area contributed by atoms with E-state index in [-0.39, 0.29) is 6.04 Å². The van der Waals surface area contributed by atoms with E-state index in [0.717, 1.165) is 22.0 Å². The SMILES string of the molecule is CCC(NC)c1nnc(-c2cccc(OC)c2OC)s1. The molecule has 1 atom stereocenters. The van der Waals surface area contributed by atoms with Crippen LogP contribution < -0.4 is 14.8 Å². The Labute approximate surface area is 123 Å². The number of benzene rings is 1. The van der Waals surface area contributed by atoms with Crippen LogP contribution in [-0.2, 0) is 0 Å². The number of nitrogens with zero attached hydrogens (tertiary/aromatic N) is 2. The molecule has 5 nitrogen and oxygen atoms in total. The lowest BCUT2D eigenvalue weighted by atomic mass is 10.2. The molecule has 0 radical (unpaired) electrons. The number of ether oxygens (including phenoxy) is 2. The van der Waals surface area contributed by atoms with Crippen LogP contribution in [0.2, 0.25) is 0 Å². The molecule has 0 spiro atoms. The zero-order chi connectivity index (χ0) is 14.5. The van der Waals surface area contributed by atoms with Crippen molar-refractivity contribution < 1.29 is 9.47 Å². The Kier molecular flexibility index (Phi) is 4.92. The fourth-order valence-corrected chi connectivity index (χ4v) is 3.10. The van der Waals surface area contributed by atoms with E-state index >= 15 is 0 Å². The highest BCUT2D eigenvalue weighted by atomic mass is 32.1. The third kappa shape index (κ3) is 2.76. The molecule has 1 heterocycles. The van der Waals surface area contributed by atoms with Crippen LogP contribution in [0.4, 0.5) is 0 Å². The molecule has 0 amide bonds. The second-order valence-corrected chi connectivity index (χ2v) is 5.25. The lowest BCUT2D eigenvalue weighted by Crippen LogP contribution is -2.14. The first-order chi connectivity index (χ1) is 9.74. The van der Waals surface area contributed by atoms with Gasteiger partial charge in [-0.1, -0.05) is 24.3 Å². The number of rotatable bonds is 6. The van der Waals surface area contributed by atoms with Crippen molar-refractivity contribution in [3.63, 3.8) is 0 Å². The summed E-state index contributed by atoms with van der Waals surface area (Å²) < 4.78 is 10.8. The molecule has 2 rings (SSSR count). The molecule has 0 bridgehead atoms. The number of methoxy groups -OCH3 is 2. The van der Waals surface area contributed by atoms with Crippen molar-refractivity contribution in [2.75, 3.05) is 21.3 Å². The van der Waals surface area contributed by atoms with Crippen LogP contribution in [0.25, 0.3) is 10.6 Å². The van der Waals surface area contributed by atoms with E-state index in [1.807, 2.05) is 25.2 Å². The molecule has 0 aliphatic heterocycles. The molecule has 108 valence electrons. The van der Waals surface area contributed by atoms with E-state index in [2.05, 4.69) is 22.4 Å². The number of hydrogen-bond donors (Lipinski definition) is 1. The van der Waals surface area contributed by atoms with Crippen molar-refractivity contribution in [1.82, 2.24) is 15.5 Å². The van der Waals surface area contributed by atoms with Gasteiger partial charge in [0, 0.05) is 0 Å². The van der Waals surface area contributed by atoms with Crippen LogP contribution in [0, 0.1) is 0 Å². The van der Waals surface area contributed by atoms with Gasteiger partial charge in [-0.05, 0) is 25.6 Å². The maximum Gasteiger partial charge on any atom is 0.171 e. The van der Waals surface area contributed by atoms with Gasteiger partial charge in [0.05, 0.1) is 25.8 Å². The van der Waals surface area contributed by atoms with E-state index in [4.69, 9.17) is 9.47 Å². The molecule has 0 aliphatic carbocycles. The first-order valence-corrected chi connectivity index (χ1v) is 7.28. The van der Waals surface area contributed by atoms with E-state index < -0.39 is 0 Å². The maximum absolute atomic E-state index is 5.44. The Morgan fingerprint density at radius 3 is 2.65 bits per heavy atom. The largest absolute Gasteiger partial charge is 0.493 e. The van der Waals surface area contributed by atoms with Crippen molar-refractivity contribution >= 4 is 11.3 Å². The van der Waals surface area contributed by atoms with Crippen molar-refractivity contribution in [2.24, 2.45) is 0 Å². The van der Waals surface area contributed by atoms with Gasteiger partial charge in [0.15, 0.2) is 16.5 Å². The van der Waals surface area contributed by atoms with Crippen LogP contribution in [0.15, 0.2) is 18.2 Å². The zero-order valence-corrected chi connectivity index (χ0v) is 13.0. The van der Waals surface area contributed by atoms with Crippen molar-refractivity contribution in [1.29, 1.82) is 0 Å². The molecule has 1 aromatic heterocycles. The molecule has 6 heteroatoms. The lowest BCUT2D eigenvalue weighted by molar-refractivity contribution is 0.356. The topological polar surface area (TPSA) is 56.3 Å². The first-order valence-electron chi connectivity index (χ1n) is 6.47. The third-order valence-electron chi connectivity index (χ3n) is 3.13. The van der Waals surface area contributed by atoms with Crippen molar-refractivity contribution in [3.8, 4) is 22.1 Å². The number of nitrogens with one attached hydrogen (secondary N) is 1. The molecular weight excluding hydrogens is 274 g/mol. The van der Waals surface area contributed by atoms with E-state index in [9.17, 15) is 0 Å². The average Bonchev–Trinajstić information content (AvgIpc) is 2.97. The lowest BCUT2D eigenvalue weighted by Gasteiger charge is -2.10. The summed E-state index contributed by atoms with van der Waals surface area (Å²) >= 11 is 1.57. The predicted octanol–water partition coefficient (Wildman–Crippen LogP) is 2.89. The van der Waals surface area contributed by atoms with Crippen LogP contribution in [-0.4, -0.2) is 31.5 Å². The van der Waals surface area contributed by atoms with Gasteiger partial charge in [0.25, 0.3) is 0 Å². The maximum atomic E-state index is 5.44. The van der Waals surface area contributed by atoms with Gasteiger partial charge < -0.3 is 14.8 Å². The fourth-order valence-electron chi connectivity index (χ4n) is 2.04. The standard InChI is InChI=1S/C14H19N3O2S/c1-5-10(15-2)14-17-16-13(20-14)9-7-6-8-11(18-3)12(9)19-4/h6-8,10,15H,5H2,1-4H3. The predicted molar refractivity (Wildman–Crippen MR) is 80.5 cm³/mol. The van der Waals surface area contributed by atoms with Crippen molar-refractivity contribution in [3.05, 3.63) is 23.2 Å². The Morgan fingerprint density at radius 2 is 2.05 bits per heavy atom. The Morgan fingerprint density at radius 1 is 1.25 bits per heavy atom. The average molecular weight is 293 g/mol. The molecule has 0 saturated carbocycles. The summed E-state index contributed by atoms with van der Waals surface area (Å²) in [4.78, 5) is 0. The Bertz CT molecular complexity index is 567. The number of aromatic nitrogens is 2. The van der Waals surface area contributed by atoms with E-state index in [0.29, 0.717) is 11.5 Å². The molecule has 20 heavy (non-hydrogen) atoms. The molecule has 0 aliphatic rings. The van der Waals surface area contributed by atoms with Crippen LogP contribution >= 0.6 is 11.3 Å². The minimum absolute atomic E-state index is 0.234. The van der Waals surface area contributed by atoms with Gasteiger partial charge >= 0.3 is 0 Å². The van der Waals surface area contributed by atoms with Gasteiger partial charge in [-0.3, -0.25) is 0 Å². The molecule has 0 fully saturated rings. The van der Waals surface area contributed by atoms with Crippen molar-refractivity contribution in [2.45, 2.75) is 19.4 Å². The van der Waals surface area contributed by atoms with Crippen LogP contribution in [0.3, 0.4) is 0 Å². The van der Waals surface area contributed by atoms with E-state index in [1.165, 1.54) is 0 Å². The molecule has 2 aromatic rings. The Balaban J connectivity index is 2.42. The Hall–Kier alpha value is -1.66. The summed E-state index contributed by atoms with van der Waals surface area (Å²) in [5.74, 6) is 1.39. The van der Waals surface area contributed by atoms with Crippen LogP contribution in [0.1, 0.15) is 24.4 Å². The normalized spacial score (nSPS) is 12.2. The van der Waals surface area contributed by atoms with Crippen LogP contribution in [0.5, 0.6) is 11.5 Å². The summed E-state index contributed by atoms with van der Waals surface area (Å²) in [6.45, 7) is 2.12. The summed E-state index contributed by atoms with van der Waals surface area (Å²) in [5, 5.41) is 13.6. The summed E-state index contributed by atoms with van der Waals surface area (Å²) in [5.41, 5.74) is 0.904. The highest BCUT2D eigenvalue weighted by Crippen LogP contribution is 2.39. The van der Waals surface area contributed by atoms with Gasteiger partial charge in [-0.2, -0.15) is 0 Å². The van der Waals surface area contributed by atoms with Gasteiger partial charge in [-0.15, -0.1) is 10.2 Å². The van der Waals surface area contributed by atoms with Gasteiger partial charge in [0.2, 0.25) is 0 Å². The first kappa shape index (κ1) is 14.7. The highest BCUT2D eigenvalue weighted by Gasteiger charge is 2.18. The molecule has 1 unspecified atom stereocenters. The molecular formula is C14H19N3O2S. The summed E-state index contributed by atoms with van der Waals surface area (Å²) in [6.07, 6.45) is 0.973. The fraction of sp³-hybridized carbons (Fsp3) is 0.429. The quantitative estimate of drug-likeness (QED) is 0.887. The van der Waals surface area contributed by atoms with Gasteiger partial charge in [0.1, 0.15) is 5.01 Å². The summed E-state index contributed by atoms with van der Waals surface area (Å²) in [6, 6.07) is 5.99. The molecule has 1 aromatic carbocycles. The number of para-hydroxylation sites is 1. The summed E-state index contributed by atoms with van der Waals surface area (Å²) in [7, 11) is 5.19. The smallest absolute Gasteiger partial charge is 0.171 e. The highest BCUT2D eigenvalue weighted by molar-refractivity contribution is 7.14.